The molecule has 25 heavy (non-hydrogen) atoms. The van der Waals surface area contributed by atoms with E-state index in [2.05, 4.69) is 10.3 Å². The van der Waals surface area contributed by atoms with Crippen LogP contribution >= 0.6 is 0 Å². The van der Waals surface area contributed by atoms with Gasteiger partial charge in [0.2, 0.25) is 0 Å². The molecular weight excluding hydrogens is 318 g/mol. The zero-order valence-corrected chi connectivity index (χ0v) is 15.2. The van der Waals surface area contributed by atoms with Crippen LogP contribution in [0.15, 0.2) is 46.6 Å². The third-order valence-electron chi connectivity index (χ3n) is 4.29. The molecule has 0 aliphatic carbocycles. The van der Waals surface area contributed by atoms with Crippen molar-refractivity contribution in [3.05, 3.63) is 47.2 Å². The number of aliphatic hydroxyl groups excluding tert-OH is 1. The van der Waals surface area contributed by atoms with Gasteiger partial charge in [0.25, 0.3) is 0 Å². The summed E-state index contributed by atoms with van der Waals surface area (Å²) >= 11 is 0. The van der Waals surface area contributed by atoms with Crippen LogP contribution < -0.4 is 5.32 Å². The summed E-state index contributed by atoms with van der Waals surface area (Å²) in [5.41, 5.74) is 2.44. The number of nitrogens with one attached hydrogen (secondary N) is 1. The Balaban J connectivity index is 2.42. The third-order valence-corrected chi connectivity index (χ3v) is 4.29. The largest absolute Gasteiger partial charge is 0.466 e. The van der Waals surface area contributed by atoms with E-state index in [1.165, 1.54) is 7.11 Å². The van der Waals surface area contributed by atoms with Gasteiger partial charge in [-0.15, -0.1) is 0 Å². The summed E-state index contributed by atoms with van der Waals surface area (Å²) in [4.78, 5) is 19.1. The summed E-state index contributed by atoms with van der Waals surface area (Å²) in [6, 6.07) is 9.52. The summed E-state index contributed by atoms with van der Waals surface area (Å²) in [6.45, 7) is 5.44. The molecule has 0 amide bonds. The summed E-state index contributed by atoms with van der Waals surface area (Å²) < 4.78 is 5.02. The normalized spacial score (nSPS) is 19.1. The van der Waals surface area contributed by atoms with Crippen LogP contribution in [0.5, 0.6) is 0 Å². The van der Waals surface area contributed by atoms with Gasteiger partial charge in [-0.05, 0) is 32.3 Å². The van der Waals surface area contributed by atoms with E-state index in [9.17, 15) is 4.79 Å². The van der Waals surface area contributed by atoms with Gasteiger partial charge in [0.1, 0.15) is 0 Å². The van der Waals surface area contributed by atoms with Gasteiger partial charge in [-0.25, -0.2) is 4.79 Å². The molecular formula is C19H27N3O3. The van der Waals surface area contributed by atoms with Crippen LogP contribution in [0.3, 0.4) is 0 Å². The number of hydrogen-bond acceptors (Lipinski definition) is 4. The van der Waals surface area contributed by atoms with Gasteiger partial charge in [0.05, 0.1) is 18.7 Å². The van der Waals surface area contributed by atoms with Crippen molar-refractivity contribution in [2.24, 2.45) is 4.99 Å². The van der Waals surface area contributed by atoms with E-state index in [0.29, 0.717) is 18.7 Å². The number of carbonyl (C=O) groups excluding carboxylic acids is 1. The van der Waals surface area contributed by atoms with Crippen LogP contribution in [-0.4, -0.2) is 48.7 Å². The number of nitrogens with zero attached hydrogens (tertiary/aromatic N) is 2. The first kappa shape index (κ1) is 19.0. The van der Waals surface area contributed by atoms with Crippen LogP contribution in [0.1, 0.15) is 38.3 Å². The zero-order chi connectivity index (χ0) is 18.2. The highest BCUT2D eigenvalue weighted by Gasteiger charge is 2.34. The second-order valence-corrected chi connectivity index (χ2v) is 5.86. The van der Waals surface area contributed by atoms with E-state index in [1.54, 1.807) is 0 Å². The first-order valence-corrected chi connectivity index (χ1v) is 8.67. The molecule has 0 radical (unpaired) electrons. The predicted octanol–water partition coefficient (Wildman–Crippen LogP) is 2.23. The number of allylic oxidation sites excluding steroid dienone is 1. The molecule has 1 heterocycles. The molecule has 136 valence electrons. The van der Waals surface area contributed by atoms with Crippen LogP contribution in [0, 0.1) is 0 Å². The number of methoxy groups -OCH3 is 1. The van der Waals surface area contributed by atoms with Crippen molar-refractivity contribution < 1.29 is 14.6 Å². The Morgan fingerprint density at radius 1 is 1.32 bits per heavy atom. The second-order valence-electron chi connectivity index (χ2n) is 5.86. The smallest absolute Gasteiger partial charge is 0.337 e. The lowest BCUT2D eigenvalue weighted by molar-refractivity contribution is -0.136. The fourth-order valence-electron chi connectivity index (χ4n) is 2.99. The highest BCUT2D eigenvalue weighted by Crippen LogP contribution is 2.31. The number of hydrogen-bond donors (Lipinski definition) is 2. The molecule has 6 nitrogen and oxygen atoms in total. The number of benzene rings is 1. The molecule has 1 aliphatic rings. The maximum absolute atomic E-state index is 12.4. The predicted molar refractivity (Wildman–Crippen MR) is 98.0 cm³/mol. The molecule has 0 aromatic heterocycles. The molecule has 2 N–H and O–H groups in total. The Bertz CT molecular complexity index is 641. The average molecular weight is 345 g/mol. The molecule has 1 atom stereocenters. The number of esters is 1. The molecule has 0 spiro atoms. The number of ether oxygens (including phenoxy) is 1. The molecule has 0 fully saturated rings. The number of rotatable bonds is 7. The Kier molecular flexibility index (Phi) is 7.01. The van der Waals surface area contributed by atoms with Gasteiger partial charge in [0.15, 0.2) is 5.96 Å². The minimum atomic E-state index is -0.336. The van der Waals surface area contributed by atoms with Crippen molar-refractivity contribution in [2.75, 3.05) is 26.8 Å². The molecule has 0 bridgehead atoms. The molecule has 2 rings (SSSR count). The highest BCUT2D eigenvalue weighted by atomic mass is 16.5. The molecule has 0 saturated heterocycles. The Labute approximate surface area is 149 Å². The minimum Gasteiger partial charge on any atom is -0.466 e. The van der Waals surface area contributed by atoms with Crippen molar-refractivity contribution in [3.63, 3.8) is 0 Å². The average Bonchev–Trinajstić information content (AvgIpc) is 2.65. The summed E-state index contributed by atoms with van der Waals surface area (Å²) in [7, 11) is 1.40. The first-order valence-electron chi connectivity index (χ1n) is 8.67. The van der Waals surface area contributed by atoms with Crippen molar-refractivity contribution in [2.45, 2.75) is 32.7 Å². The maximum atomic E-state index is 12.4. The van der Waals surface area contributed by atoms with Crippen molar-refractivity contribution in [3.8, 4) is 0 Å². The SMILES string of the molecule is CCN1C(=NCCCCO)N[C@@H](c2ccccc2)C(C(=O)OC)=C1C. The second kappa shape index (κ2) is 9.22. The van der Waals surface area contributed by atoms with Crippen LogP contribution in [0.25, 0.3) is 0 Å². The number of unbranched alkanes of at least 4 members (excludes halogenated alkanes) is 1. The molecule has 1 aromatic carbocycles. The van der Waals surface area contributed by atoms with Gasteiger partial charge < -0.3 is 20.1 Å². The monoisotopic (exact) mass is 345 g/mol. The van der Waals surface area contributed by atoms with Gasteiger partial charge in [-0.1, -0.05) is 30.3 Å². The lowest BCUT2D eigenvalue weighted by Gasteiger charge is -2.37. The van der Waals surface area contributed by atoms with E-state index in [1.807, 2.05) is 49.1 Å². The number of guanidine groups is 1. The maximum Gasteiger partial charge on any atom is 0.337 e. The summed E-state index contributed by atoms with van der Waals surface area (Å²) in [5.74, 6) is 0.413. The van der Waals surface area contributed by atoms with E-state index >= 15 is 0 Å². The van der Waals surface area contributed by atoms with E-state index in [4.69, 9.17) is 9.84 Å². The van der Waals surface area contributed by atoms with Gasteiger partial charge in [-0.2, -0.15) is 0 Å². The van der Waals surface area contributed by atoms with Gasteiger partial charge in [0, 0.05) is 25.4 Å². The topological polar surface area (TPSA) is 74.2 Å². The lowest BCUT2D eigenvalue weighted by atomic mass is 9.95. The van der Waals surface area contributed by atoms with Gasteiger partial charge in [-0.3, -0.25) is 4.99 Å². The molecule has 6 heteroatoms. The fraction of sp³-hybridized carbons (Fsp3) is 0.474. The van der Waals surface area contributed by atoms with Crippen molar-refractivity contribution in [1.82, 2.24) is 10.2 Å². The number of carbonyl (C=O) groups is 1. The van der Waals surface area contributed by atoms with Crippen LogP contribution in [0.4, 0.5) is 0 Å². The first-order chi connectivity index (χ1) is 12.1. The van der Waals surface area contributed by atoms with E-state index in [0.717, 1.165) is 30.1 Å². The molecule has 0 unspecified atom stereocenters. The Morgan fingerprint density at radius 2 is 2.04 bits per heavy atom. The number of aliphatic imine (C=N–C) groups is 1. The molecule has 1 aromatic rings. The third kappa shape index (κ3) is 4.39. The fourth-order valence-corrected chi connectivity index (χ4v) is 2.99. The minimum absolute atomic E-state index is 0.174. The summed E-state index contributed by atoms with van der Waals surface area (Å²) in [6.07, 6.45) is 1.55. The molecule has 1 aliphatic heterocycles. The van der Waals surface area contributed by atoms with Crippen molar-refractivity contribution in [1.29, 1.82) is 0 Å². The van der Waals surface area contributed by atoms with E-state index < -0.39 is 0 Å². The Morgan fingerprint density at radius 3 is 2.64 bits per heavy atom. The standard InChI is InChI=1S/C19H27N3O3/c1-4-22-14(2)16(18(24)25-3)17(15-10-6-5-7-11-15)21-19(22)20-12-8-9-13-23/h5-7,10-11,17,23H,4,8-9,12-13H2,1-3H3,(H,20,21)/t17-/m0/s1. The summed E-state index contributed by atoms with van der Waals surface area (Å²) in [5, 5.41) is 12.3. The van der Waals surface area contributed by atoms with E-state index in [-0.39, 0.29) is 18.6 Å². The van der Waals surface area contributed by atoms with Crippen LogP contribution in [0.2, 0.25) is 0 Å². The van der Waals surface area contributed by atoms with Crippen LogP contribution in [-0.2, 0) is 9.53 Å². The highest BCUT2D eigenvalue weighted by molar-refractivity contribution is 5.96. The van der Waals surface area contributed by atoms with Crippen molar-refractivity contribution >= 4 is 11.9 Å². The van der Waals surface area contributed by atoms with Gasteiger partial charge >= 0.3 is 5.97 Å². The zero-order valence-electron chi connectivity index (χ0n) is 15.2. The lowest BCUT2D eigenvalue weighted by Crippen LogP contribution is -2.49. The number of aliphatic hydroxyl groups is 1. The quantitative estimate of drug-likeness (QED) is 0.585. The Hall–Kier alpha value is -2.34. The molecule has 0 saturated carbocycles.